The Kier molecular flexibility index (Phi) is 9.81. The molecule has 2 N–H and O–H groups in total. The number of rotatable bonds is 6. The van der Waals surface area contributed by atoms with Gasteiger partial charge in [0.2, 0.25) is 5.91 Å². The molecule has 3 aromatic rings. The van der Waals surface area contributed by atoms with Gasteiger partial charge in [-0.05, 0) is 86.4 Å². The second kappa shape index (κ2) is 13.2. The molecule has 234 valence electrons. The van der Waals surface area contributed by atoms with Crippen LogP contribution in [0.4, 0.5) is 14.9 Å². The quantitative estimate of drug-likeness (QED) is 0.303. The number of carbonyl (C=O) groups is 3. The Morgan fingerprint density at radius 1 is 0.955 bits per heavy atom. The van der Waals surface area contributed by atoms with E-state index in [2.05, 4.69) is 31.4 Å². The second-order valence-corrected chi connectivity index (χ2v) is 13.5. The van der Waals surface area contributed by atoms with E-state index in [1.54, 1.807) is 44.7 Å². The van der Waals surface area contributed by atoms with E-state index in [1.165, 1.54) is 6.07 Å². The Morgan fingerprint density at radius 3 is 2.34 bits per heavy atom. The molecule has 2 atom stereocenters. The van der Waals surface area contributed by atoms with Crippen LogP contribution in [0, 0.1) is 18.7 Å². The number of carbonyl (C=O) groups excluding carboxylic acids is 3. The molecule has 1 saturated heterocycles. The number of ether oxygens (including phenoxy) is 1. The van der Waals surface area contributed by atoms with Crippen LogP contribution in [0.5, 0.6) is 0 Å². The van der Waals surface area contributed by atoms with Crippen molar-refractivity contribution in [3.05, 3.63) is 100 Å². The minimum Gasteiger partial charge on any atom is -0.444 e. The Balaban J connectivity index is 1.69. The van der Waals surface area contributed by atoms with Gasteiger partial charge in [0.05, 0.1) is 17.5 Å². The van der Waals surface area contributed by atoms with Crippen molar-refractivity contribution in [2.45, 2.75) is 84.9 Å². The summed E-state index contributed by atoms with van der Waals surface area (Å²) in [6.45, 7) is 14.0. The summed E-state index contributed by atoms with van der Waals surface area (Å²) in [4.78, 5) is 41.9. The fourth-order valence-electron chi connectivity index (χ4n) is 5.63. The normalized spacial score (nSPS) is 17.1. The number of benzene rings is 3. The number of nitrogens with zero attached hydrogens (tertiary/aromatic N) is 1. The number of hydrogen-bond donors (Lipinski definition) is 2. The highest BCUT2D eigenvalue weighted by Gasteiger charge is 2.40. The van der Waals surface area contributed by atoms with Crippen LogP contribution < -0.4 is 10.6 Å². The van der Waals surface area contributed by atoms with E-state index in [0.29, 0.717) is 30.6 Å². The smallest absolute Gasteiger partial charge is 0.407 e. The van der Waals surface area contributed by atoms with Gasteiger partial charge in [-0.3, -0.25) is 9.59 Å². The molecule has 0 radical (unpaired) electrons. The van der Waals surface area contributed by atoms with Crippen LogP contribution in [0.15, 0.2) is 66.7 Å². The Bertz CT molecular complexity index is 1500. The van der Waals surface area contributed by atoms with E-state index in [1.807, 2.05) is 48.5 Å². The van der Waals surface area contributed by atoms with Crippen LogP contribution in [0.3, 0.4) is 0 Å². The van der Waals surface area contributed by atoms with Gasteiger partial charge in [0.1, 0.15) is 11.4 Å². The molecule has 0 spiro atoms. The third kappa shape index (κ3) is 8.04. The number of hydrogen-bond acceptors (Lipinski definition) is 4. The molecule has 44 heavy (non-hydrogen) atoms. The van der Waals surface area contributed by atoms with Gasteiger partial charge in [0.25, 0.3) is 5.91 Å². The lowest BCUT2D eigenvalue weighted by molar-refractivity contribution is -0.123. The first-order valence-electron chi connectivity index (χ1n) is 15.2. The van der Waals surface area contributed by atoms with E-state index in [9.17, 15) is 14.4 Å². The van der Waals surface area contributed by atoms with Gasteiger partial charge in [-0.15, -0.1) is 0 Å². The highest BCUT2D eigenvalue weighted by Crippen LogP contribution is 2.39. The molecule has 0 aliphatic carbocycles. The minimum atomic E-state index is -0.650. The average Bonchev–Trinajstić information content (AvgIpc) is 2.94. The number of anilines is 1. The molecular weight excluding hydrogens is 557 g/mol. The fourth-order valence-corrected chi connectivity index (χ4v) is 5.63. The van der Waals surface area contributed by atoms with Crippen molar-refractivity contribution in [3.63, 3.8) is 0 Å². The first-order valence-corrected chi connectivity index (χ1v) is 15.2. The summed E-state index contributed by atoms with van der Waals surface area (Å²) in [5, 5.41) is 5.87. The number of nitrogens with one attached hydrogen (secondary N) is 2. The Labute approximate surface area is 260 Å². The molecule has 0 aromatic heterocycles. The highest BCUT2D eigenvalue weighted by atomic mass is 19.1. The Hall–Kier alpha value is -4.20. The zero-order chi connectivity index (χ0) is 32.2. The van der Waals surface area contributed by atoms with Crippen molar-refractivity contribution in [2.75, 3.05) is 11.9 Å². The van der Waals surface area contributed by atoms with E-state index in [-0.39, 0.29) is 23.4 Å². The van der Waals surface area contributed by atoms with Gasteiger partial charge in [-0.2, -0.15) is 0 Å². The third-order valence-electron chi connectivity index (χ3n) is 7.79. The van der Waals surface area contributed by atoms with Crippen molar-refractivity contribution in [1.29, 1.82) is 0 Å². The number of alkyl carbamates (subject to hydrolysis) is 1. The summed E-state index contributed by atoms with van der Waals surface area (Å²) in [5.74, 6) is -1.84. The zero-order valence-corrected chi connectivity index (χ0v) is 26.8. The predicted molar refractivity (Wildman–Crippen MR) is 171 cm³/mol. The van der Waals surface area contributed by atoms with E-state index in [0.717, 1.165) is 16.7 Å². The van der Waals surface area contributed by atoms with E-state index in [4.69, 9.17) is 4.74 Å². The maximum atomic E-state index is 15.0. The summed E-state index contributed by atoms with van der Waals surface area (Å²) < 4.78 is 20.4. The van der Waals surface area contributed by atoms with Crippen molar-refractivity contribution < 1.29 is 23.5 Å². The molecule has 8 heteroatoms. The Morgan fingerprint density at radius 2 is 1.66 bits per heavy atom. The van der Waals surface area contributed by atoms with Crippen LogP contribution in [0.2, 0.25) is 0 Å². The molecular formula is C36H44FN3O4. The van der Waals surface area contributed by atoms with Gasteiger partial charge in [0.15, 0.2) is 0 Å². The van der Waals surface area contributed by atoms with Crippen LogP contribution in [0.1, 0.15) is 93.0 Å². The standard InChI is InChI=1S/C36H44FN3O4/c1-23-12-8-18-29(37)30(23)33(42)40-19-11-17-28(32(41)39-27-16-10-15-26(21-27)35(2,3)4)31(40)25-14-9-13-24(20-25)22-38-34(43)44-36(5,6)7/h8-10,12-16,18,20-21,28,31H,11,17,19,22H2,1-7H3,(H,38,43)(H,39,41). The van der Waals surface area contributed by atoms with E-state index < -0.39 is 35.4 Å². The van der Waals surface area contributed by atoms with Crippen molar-refractivity contribution in [2.24, 2.45) is 5.92 Å². The lowest BCUT2D eigenvalue weighted by atomic mass is 9.82. The average molecular weight is 602 g/mol. The summed E-state index contributed by atoms with van der Waals surface area (Å²) >= 11 is 0. The number of piperidine rings is 1. The number of amides is 3. The highest BCUT2D eigenvalue weighted by molar-refractivity contribution is 5.98. The second-order valence-electron chi connectivity index (χ2n) is 13.5. The molecule has 0 bridgehead atoms. The summed E-state index contributed by atoms with van der Waals surface area (Å²) in [6.07, 6.45) is 0.605. The molecule has 2 unspecified atom stereocenters. The van der Waals surface area contributed by atoms with Crippen LogP contribution in [-0.4, -0.2) is 35.0 Å². The first-order chi connectivity index (χ1) is 20.6. The topological polar surface area (TPSA) is 87.7 Å². The fraction of sp³-hybridized carbons (Fsp3) is 0.417. The number of halogens is 1. The van der Waals surface area contributed by atoms with Crippen LogP contribution in [0.25, 0.3) is 0 Å². The van der Waals surface area contributed by atoms with Crippen LogP contribution >= 0.6 is 0 Å². The molecule has 1 fully saturated rings. The zero-order valence-electron chi connectivity index (χ0n) is 26.8. The van der Waals surface area contributed by atoms with Gasteiger partial charge < -0.3 is 20.3 Å². The van der Waals surface area contributed by atoms with Crippen molar-refractivity contribution >= 4 is 23.6 Å². The predicted octanol–water partition coefficient (Wildman–Crippen LogP) is 7.69. The molecule has 3 amide bonds. The first kappa shape index (κ1) is 32.7. The lowest BCUT2D eigenvalue weighted by Crippen LogP contribution is -2.46. The van der Waals surface area contributed by atoms with Crippen molar-refractivity contribution in [1.82, 2.24) is 10.2 Å². The van der Waals surface area contributed by atoms with Gasteiger partial charge in [-0.1, -0.05) is 69.3 Å². The summed E-state index contributed by atoms with van der Waals surface area (Å²) in [5.41, 5.74) is 3.12. The largest absolute Gasteiger partial charge is 0.444 e. The van der Waals surface area contributed by atoms with Crippen LogP contribution in [-0.2, 0) is 21.5 Å². The molecule has 3 aromatic carbocycles. The maximum Gasteiger partial charge on any atom is 0.407 e. The number of aryl methyl sites for hydroxylation is 1. The molecule has 1 aliphatic rings. The SMILES string of the molecule is Cc1cccc(F)c1C(=O)N1CCCC(C(=O)Nc2cccc(C(C)(C)C)c2)C1c1cccc(CNC(=O)OC(C)(C)C)c1. The van der Waals surface area contributed by atoms with Gasteiger partial charge in [-0.25, -0.2) is 9.18 Å². The molecule has 0 saturated carbocycles. The maximum absolute atomic E-state index is 15.0. The van der Waals surface area contributed by atoms with E-state index >= 15 is 4.39 Å². The van der Waals surface area contributed by atoms with Gasteiger partial charge >= 0.3 is 6.09 Å². The molecule has 1 heterocycles. The molecule has 7 nitrogen and oxygen atoms in total. The third-order valence-corrected chi connectivity index (χ3v) is 7.79. The number of likely N-dealkylation sites (tertiary alicyclic amines) is 1. The monoisotopic (exact) mass is 601 g/mol. The molecule has 1 aliphatic heterocycles. The lowest BCUT2D eigenvalue weighted by Gasteiger charge is -2.41. The minimum absolute atomic E-state index is 0.0131. The van der Waals surface area contributed by atoms with Gasteiger partial charge in [0, 0.05) is 18.8 Å². The van der Waals surface area contributed by atoms with Crippen molar-refractivity contribution in [3.8, 4) is 0 Å². The summed E-state index contributed by atoms with van der Waals surface area (Å²) in [7, 11) is 0. The summed E-state index contributed by atoms with van der Waals surface area (Å²) in [6, 6.07) is 19.2. The molecule has 4 rings (SSSR count).